The number of aromatic nitrogens is 1. The summed E-state index contributed by atoms with van der Waals surface area (Å²) in [5.74, 6) is -0.202. The second-order valence-electron chi connectivity index (χ2n) is 5.83. The summed E-state index contributed by atoms with van der Waals surface area (Å²) in [5, 5.41) is 15.0. The van der Waals surface area contributed by atoms with Crippen molar-refractivity contribution in [3.05, 3.63) is 76.5 Å². The zero-order valence-corrected chi connectivity index (χ0v) is 13.7. The molecule has 0 aliphatic heterocycles. The van der Waals surface area contributed by atoms with Crippen molar-refractivity contribution < 1.29 is 9.72 Å². The first-order valence-electron chi connectivity index (χ1n) is 8.18. The Morgan fingerprint density at radius 1 is 1.08 bits per heavy atom. The molecule has 0 bridgehead atoms. The highest BCUT2D eigenvalue weighted by atomic mass is 16.6. The Morgan fingerprint density at radius 3 is 2.68 bits per heavy atom. The maximum absolute atomic E-state index is 12.0. The van der Waals surface area contributed by atoms with E-state index in [1.807, 2.05) is 18.3 Å². The van der Waals surface area contributed by atoms with E-state index in [0.717, 1.165) is 13.0 Å². The molecule has 1 heterocycles. The Balaban J connectivity index is 1.49. The number of nitro groups is 1. The highest BCUT2D eigenvalue weighted by Gasteiger charge is 2.15. The molecule has 0 atom stereocenters. The van der Waals surface area contributed by atoms with Crippen LogP contribution in [0.3, 0.4) is 0 Å². The predicted octanol–water partition coefficient (Wildman–Crippen LogP) is 3.30. The standard InChI is InChI=1S/C19H19N3O3/c23-19(14-16-7-2-4-9-18(16)22(24)25)20-11-5-12-21-13-10-15-6-1-3-8-17(15)21/h1-4,6-10,13H,5,11-12,14H2,(H,20,23). The van der Waals surface area contributed by atoms with Crippen LogP contribution in [0.5, 0.6) is 0 Å². The van der Waals surface area contributed by atoms with Crippen LogP contribution in [0, 0.1) is 10.1 Å². The van der Waals surface area contributed by atoms with Gasteiger partial charge in [-0.15, -0.1) is 0 Å². The normalized spacial score (nSPS) is 10.7. The number of carbonyl (C=O) groups excluding carboxylic acids is 1. The van der Waals surface area contributed by atoms with Crippen molar-refractivity contribution in [3.63, 3.8) is 0 Å². The van der Waals surface area contributed by atoms with Crippen molar-refractivity contribution in [1.29, 1.82) is 0 Å². The quantitative estimate of drug-likeness (QED) is 0.408. The highest BCUT2D eigenvalue weighted by molar-refractivity contribution is 5.80. The lowest BCUT2D eigenvalue weighted by atomic mass is 10.1. The number of aryl methyl sites for hydroxylation is 1. The number of para-hydroxylation sites is 2. The number of amides is 1. The first-order valence-corrected chi connectivity index (χ1v) is 8.18. The third-order valence-electron chi connectivity index (χ3n) is 4.12. The molecule has 128 valence electrons. The molecule has 0 saturated carbocycles. The topological polar surface area (TPSA) is 77.2 Å². The molecule has 6 heteroatoms. The maximum Gasteiger partial charge on any atom is 0.273 e. The molecule has 3 rings (SSSR count). The molecule has 1 amide bonds. The van der Waals surface area contributed by atoms with Gasteiger partial charge in [-0.3, -0.25) is 14.9 Å². The predicted molar refractivity (Wildman–Crippen MR) is 96.4 cm³/mol. The van der Waals surface area contributed by atoms with Gasteiger partial charge in [0.15, 0.2) is 0 Å². The SMILES string of the molecule is O=C(Cc1ccccc1[N+](=O)[O-])NCCCn1ccc2ccccc21. The summed E-state index contributed by atoms with van der Waals surface area (Å²) in [4.78, 5) is 22.5. The van der Waals surface area contributed by atoms with Crippen LogP contribution in [0.1, 0.15) is 12.0 Å². The van der Waals surface area contributed by atoms with Crippen LogP contribution in [-0.4, -0.2) is 21.9 Å². The minimum Gasteiger partial charge on any atom is -0.356 e. The molecule has 6 nitrogen and oxygen atoms in total. The van der Waals surface area contributed by atoms with Crippen LogP contribution in [0.15, 0.2) is 60.8 Å². The lowest BCUT2D eigenvalue weighted by molar-refractivity contribution is -0.385. The second kappa shape index (κ2) is 7.61. The third-order valence-corrected chi connectivity index (χ3v) is 4.12. The van der Waals surface area contributed by atoms with Crippen LogP contribution < -0.4 is 5.32 Å². The summed E-state index contributed by atoms with van der Waals surface area (Å²) in [7, 11) is 0. The zero-order valence-electron chi connectivity index (χ0n) is 13.7. The minimum absolute atomic E-state index is 0.0172. The molecule has 0 spiro atoms. The van der Waals surface area contributed by atoms with E-state index in [2.05, 4.69) is 28.1 Å². The lowest BCUT2D eigenvalue weighted by Gasteiger charge is -2.08. The Morgan fingerprint density at radius 2 is 1.84 bits per heavy atom. The summed E-state index contributed by atoms with van der Waals surface area (Å²) < 4.78 is 2.16. The van der Waals surface area contributed by atoms with E-state index in [1.54, 1.807) is 18.2 Å². The Labute approximate surface area is 145 Å². The first-order chi connectivity index (χ1) is 12.1. The molecule has 0 aliphatic rings. The van der Waals surface area contributed by atoms with E-state index in [-0.39, 0.29) is 18.0 Å². The van der Waals surface area contributed by atoms with Gasteiger partial charge in [0.05, 0.1) is 11.3 Å². The van der Waals surface area contributed by atoms with Gasteiger partial charge in [-0.25, -0.2) is 0 Å². The van der Waals surface area contributed by atoms with Gasteiger partial charge >= 0.3 is 0 Å². The summed E-state index contributed by atoms with van der Waals surface area (Å²) in [6, 6.07) is 16.6. The third kappa shape index (κ3) is 4.03. The van der Waals surface area contributed by atoms with Gasteiger partial charge in [0.1, 0.15) is 0 Å². The molecule has 25 heavy (non-hydrogen) atoms. The molecule has 0 fully saturated rings. The maximum atomic E-state index is 12.0. The van der Waals surface area contributed by atoms with E-state index in [1.165, 1.54) is 17.0 Å². The van der Waals surface area contributed by atoms with Crippen molar-refractivity contribution in [2.45, 2.75) is 19.4 Å². The van der Waals surface area contributed by atoms with E-state index < -0.39 is 4.92 Å². The largest absolute Gasteiger partial charge is 0.356 e. The number of nitro benzene ring substituents is 1. The lowest BCUT2D eigenvalue weighted by Crippen LogP contribution is -2.27. The van der Waals surface area contributed by atoms with E-state index in [9.17, 15) is 14.9 Å². The van der Waals surface area contributed by atoms with E-state index in [0.29, 0.717) is 12.1 Å². The van der Waals surface area contributed by atoms with Crippen molar-refractivity contribution in [2.24, 2.45) is 0 Å². The van der Waals surface area contributed by atoms with Crippen molar-refractivity contribution in [1.82, 2.24) is 9.88 Å². The minimum atomic E-state index is -0.459. The van der Waals surface area contributed by atoms with Crippen LogP contribution in [0.4, 0.5) is 5.69 Å². The van der Waals surface area contributed by atoms with Crippen molar-refractivity contribution in [3.8, 4) is 0 Å². The van der Waals surface area contributed by atoms with Crippen LogP contribution in [0.25, 0.3) is 10.9 Å². The molecule has 0 saturated heterocycles. The molecular weight excluding hydrogens is 318 g/mol. The Hall–Kier alpha value is -3.15. The first kappa shape index (κ1) is 16.7. The molecule has 0 radical (unpaired) electrons. The molecule has 2 aromatic carbocycles. The van der Waals surface area contributed by atoms with Crippen molar-refractivity contribution >= 4 is 22.5 Å². The number of fused-ring (bicyclic) bond motifs is 1. The van der Waals surface area contributed by atoms with Gasteiger partial charge in [-0.2, -0.15) is 0 Å². The molecule has 0 aliphatic carbocycles. The average Bonchev–Trinajstić information content (AvgIpc) is 3.02. The number of hydrogen-bond donors (Lipinski definition) is 1. The highest BCUT2D eigenvalue weighted by Crippen LogP contribution is 2.18. The number of benzene rings is 2. The molecule has 1 N–H and O–H groups in total. The van der Waals surface area contributed by atoms with Crippen molar-refractivity contribution in [2.75, 3.05) is 6.54 Å². The number of rotatable bonds is 7. The summed E-state index contributed by atoms with van der Waals surface area (Å²) >= 11 is 0. The Kier molecular flexibility index (Phi) is 5.09. The number of nitrogens with zero attached hydrogens (tertiary/aromatic N) is 2. The van der Waals surface area contributed by atoms with Gasteiger partial charge < -0.3 is 9.88 Å². The summed E-state index contributed by atoms with van der Waals surface area (Å²) in [6.07, 6.45) is 2.85. The fraction of sp³-hybridized carbons (Fsp3) is 0.211. The second-order valence-corrected chi connectivity index (χ2v) is 5.83. The number of carbonyl (C=O) groups is 1. The Bertz CT molecular complexity index is 902. The molecule has 1 aromatic heterocycles. The monoisotopic (exact) mass is 337 g/mol. The van der Waals surface area contributed by atoms with Gasteiger partial charge in [-0.1, -0.05) is 36.4 Å². The van der Waals surface area contributed by atoms with Crippen LogP contribution in [0.2, 0.25) is 0 Å². The molecule has 0 unspecified atom stereocenters. The summed E-state index contributed by atoms with van der Waals surface area (Å²) in [6.45, 7) is 1.34. The van der Waals surface area contributed by atoms with Gasteiger partial charge in [0.2, 0.25) is 5.91 Å². The van der Waals surface area contributed by atoms with Gasteiger partial charge in [0.25, 0.3) is 5.69 Å². The number of hydrogen-bond acceptors (Lipinski definition) is 3. The average molecular weight is 337 g/mol. The fourth-order valence-electron chi connectivity index (χ4n) is 2.89. The number of nitrogens with one attached hydrogen (secondary N) is 1. The van der Waals surface area contributed by atoms with Crippen LogP contribution >= 0.6 is 0 Å². The molecular formula is C19H19N3O3. The van der Waals surface area contributed by atoms with E-state index in [4.69, 9.17) is 0 Å². The fourth-order valence-corrected chi connectivity index (χ4v) is 2.89. The van der Waals surface area contributed by atoms with E-state index >= 15 is 0 Å². The summed E-state index contributed by atoms with van der Waals surface area (Å²) in [5.41, 5.74) is 1.59. The molecule has 3 aromatic rings. The van der Waals surface area contributed by atoms with Crippen LogP contribution in [-0.2, 0) is 17.8 Å². The van der Waals surface area contributed by atoms with Gasteiger partial charge in [0, 0.05) is 36.4 Å². The smallest absolute Gasteiger partial charge is 0.273 e. The van der Waals surface area contributed by atoms with Gasteiger partial charge in [-0.05, 0) is 23.9 Å². The zero-order chi connectivity index (χ0) is 17.6.